The maximum Gasteiger partial charge on any atom is 0.416 e. The predicted octanol–water partition coefficient (Wildman–Crippen LogP) is 5.90. The number of carbonyl (C=O) groups excluding carboxylic acids is 1. The summed E-state index contributed by atoms with van der Waals surface area (Å²) in [6.07, 6.45) is -1.30. The molecule has 1 aromatic carbocycles. The molecular weight excluding hydrogens is 479 g/mol. The van der Waals surface area contributed by atoms with Crippen molar-refractivity contribution in [1.82, 2.24) is 4.90 Å². The van der Waals surface area contributed by atoms with Crippen LogP contribution in [-0.2, 0) is 27.6 Å². The SMILES string of the molecule is CC(C)CCc1ccc([C@]2(C)CC(=O)N(C34C5C6C3C3C4C5C63C(=O)O)C=C2C(C)C)cc1C(F)(F)F. The first kappa shape index (κ1) is 23.8. The lowest BCUT2D eigenvalue weighted by atomic mass is 8.94. The maximum atomic E-state index is 14.1. The molecule has 7 aliphatic rings. The third kappa shape index (κ3) is 2.25. The molecule has 0 spiro atoms. The van der Waals surface area contributed by atoms with E-state index in [1.807, 2.05) is 45.7 Å². The van der Waals surface area contributed by atoms with Gasteiger partial charge in [0.1, 0.15) is 0 Å². The van der Waals surface area contributed by atoms with E-state index in [9.17, 15) is 27.9 Å². The number of benzene rings is 1. The third-order valence-electron chi connectivity index (χ3n) is 11.7. The molecule has 1 aromatic rings. The maximum absolute atomic E-state index is 14.1. The Bertz CT molecular complexity index is 1240. The Morgan fingerprint density at radius 1 is 1.08 bits per heavy atom. The van der Waals surface area contributed by atoms with Crippen LogP contribution < -0.4 is 0 Å². The van der Waals surface area contributed by atoms with Crippen LogP contribution >= 0.6 is 0 Å². The van der Waals surface area contributed by atoms with E-state index in [4.69, 9.17) is 0 Å². The van der Waals surface area contributed by atoms with Crippen LogP contribution in [0.15, 0.2) is 30.0 Å². The Kier molecular flexibility index (Phi) is 4.26. The molecule has 0 aromatic heterocycles. The Morgan fingerprint density at radius 3 is 2.16 bits per heavy atom. The monoisotopic (exact) mass is 513 g/mol. The molecule has 1 atom stereocenters. The summed E-state index contributed by atoms with van der Waals surface area (Å²) in [5.74, 6) is 1.19. The van der Waals surface area contributed by atoms with Gasteiger partial charge in [0.25, 0.3) is 0 Å². The number of nitrogens with zero attached hydrogens (tertiary/aromatic N) is 1. The zero-order valence-electron chi connectivity index (χ0n) is 21.9. The van der Waals surface area contributed by atoms with Gasteiger partial charge in [-0.2, -0.15) is 13.2 Å². The molecule has 0 saturated heterocycles. The molecule has 6 aliphatic carbocycles. The lowest BCUT2D eigenvalue weighted by Crippen LogP contribution is -3.15. The van der Waals surface area contributed by atoms with Gasteiger partial charge in [0, 0.05) is 18.0 Å². The Balaban J connectivity index is 1.24. The highest BCUT2D eigenvalue weighted by Crippen LogP contribution is 3.08. The van der Waals surface area contributed by atoms with Crippen LogP contribution in [-0.4, -0.2) is 27.4 Å². The van der Waals surface area contributed by atoms with E-state index in [1.54, 1.807) is 12.1 Å². The fourth-order valence-electron chi connectivity index (χ4n) is 10.5. The fourth-order valence-corrected chi connectivity index (χ4v) is 10.5. The first-order chi connectivity index (χ1) is 17.2. The van der Waals surface area contributed by atoms with E-state index in [0.29, 0.717) is 47.6 Å². The van der Waals surface area contributed by atoms with Crippen LogP contribution in [0.25, 0.3) is 0 Å². The van der Waals surface area contributed by atoms with Crippen molar-refractivity contribution in [1.29, 1.82) is 0 Å². The molecule has 37 heavy (non-hydrogen) atoms. The van der Waals surface area contributed by atoms with Crippen molar-refractivity contribution < 1.29 is 27.9 Å². The second kappa shape index (κ2) is 6.63. The topological polar surface area (TPSA) is 57.6 Å². The normalized spacial score (nSPS) is 43.9. The van der Waals surface area contributed by atoms with Crippen molar-refractivity contribution in [3.8, 4) is 0 Å². The first-order valence-electron chi connectivity index (χ1n) is 13.7. The minimum Gasteiger partial charge on any atom is -0.481 e. The highest BCUT2D eigenvalue weighted by Gasteiger charge is 3.13. The van der Waals surface area contributed by atoms with Gasteiger partial charge in [-0.25, -0.2) is 0 Å². The Labute approximate surface area is 215 Å². The average Bonchev–Trinajstić information content (AvgIpc) is 2.81. The molecule has 7 heteroatoms. The number of amides is 1. The molecule has 4 nitrogen and oxygen atoms in total. The largest absolute Gasteiger partial charge is 0.481 e. The highest BCUT2D eigenvalue weighted by molar-refractivity contribution is 5.91. The lowest BCUT2D eigenvalue weighted by Gasteiger charge is -3.10. The number of hydrogen-bond acceptors (Lipinski definition) is 2. The van der Waals surface area contributed by atoms with Gasteiger partial charge in [0.05, 0.1) is 16.5 Å². The number of carboxylic acid groups (broad SMARTS) is 1. The molecule has 0 unspecified atom stereocenters. The lowest BCUT2D eigenvalue weighted by molar-refractivity contribution is -0.623. The van der Waals surface area contributed by atoms with E-state index in [2.05, 4.69) is 0 Å². The van der Waals surface area contributed by atoms with Gasteiger partial charge in [-0.3, -0.25) is 9.59 Å². The molecule has 198 valence electrons. The summed E-state index contributed by atoms with van der Waals surface area (Å²) in [6.45, 7) is 10.0. The summed E-state index contributed by atoms with van der Waals surface area (Å²) in [5, 5.41) is 9.81. The summed E-state index contributed by atoms with van der Waals surface area (Å²) >= 11 is 0. The van der Waals surface area contributed by atoms with Gasteiger partial charge in [-0.05, 0) is 83.0 Å². The number of allylic oxidation sites excluding steroid dienone is 1. The molecule has 1 heterocycles. The van der Waals surface area contributed by atoms with E-state index in [-0.39, 0.29) is 41.5 Å². The van der Waals surface area contributed by atoms with Crippen LogP contribution in [0.2, 0.25) is 0 Å². The molecule has 6 saturated carbocycles. The van der Waals surface area contributed by atoms with Gasteiger partial charge in [0.15, 0.2) is 0 Å². The van der Waals surface area contributed by atoms with E-state index < -0.39 is 28.5 Å². The number of carboxylic acids is 1. The van der Waals surface area contributed by atoms with E-state index in [0.717, 1.165) is 5.57 Å². The molecule has 1 N–H and O–H groups in total. The standard InChI is InChI=1S/C30H34F3NO3/c1-13(2)6-7-15-8-9-16(10-17(15)30(31,32)33)27(5)11-19(35)34(12-18(27)14(3)4)29-23-20-24(29)22-25(29)21(23)28(20,22)26(36)37/h8-10,12-14,20-25H,6-7,11H2,1-5H3,(H,36,37)/t20?,21?,22?,23?,24?,25?,27-,28?,29?/m0/s1. The van der Waals surface area contributed by atoms with Crippen molar-refractivity contribution in [2.24, 2.45) is 52.8 Å². The summed E-state index contributed by atoms with van der Waals surface area (Å²) in [6, 6.07) is 4.70. The van der Waals surface area contributed by atoms with E-state index >= 15 is 0 Å². The molecule has 0 radical (unpaired) electrons. The predicted molar refractivity (Wildman–Crippen MR) is 130 cm³/mol. The molecule has 1 amide bonds. The molecule has 8 rings (SSSR count). The second-order valence-corrected chi connectivity index (χ2v) is 13.6. The van der Waals surface area contributed by atoms with Crippen molar-refractivity contribution >= 4 is 11.9 Å². The number of halogens is 3. The summed E-state index contributed by atoms with van der Waals surface area (Å²) in [7, 11) is 0. The highest BCUT2D eigenvalue weighted by atomic mass is 19.4. The zero-order valence-corrected chi connectivity index (χ0v) is 21.9. The van der Waals surface area contributed by atoms with Crippen LogP contribution in [0.3, 0.4) is 0 Å². The number of aryl methyl sites for hydroxylation is 1. The van der Waals surface area contributed by atoms with Crippen molar-refractivity contribution in [3.05, 3.63) is 46.7 Å². The number of carbonyl (C=O) groups is 2. The molecule has 1 aliphatic heterocycles. The first-order valence-corrected chi connectivity index (χ1v) is 13.7. The van der Waals surface area contributed by atoms with Gasteiger partial charge in [-0.15, -0.1) is 0 Å². The summed E-state index contributed by atoms with van der Waals surface area (Å²) in [5.41, 5.74) is -0.285. The third-order valence-corrected chi connectivity index (χ3v) is 11.7. The van der Waals surface area contributed by atoms with Crippen molar-refractivity contribution in [3.63, 3.8) is 0 Å². The van der Waals surface area contributed by atoms with Gasteiger partial charge in [-0.1, -0.05) is 46.8 Å². The number of rotatable bonds is 7. The Morgan fingerprint density at radius 2 is 1.68 bits per heavy atom. The van der Waals surface area contributed by atoms with Gasteiger partial charge >= 0.3 is 12.1 Å². The molecular formula is C30H34F3NO3. The van der Waals surface area contributed by atoms with Crippen molar-refractivity contribution in [2.75, 3.05) is 0 Å². The molecule has 6 fully saturated rings. The van der Waals surface area contributed by atoms with Gasteiger partial charge in [0.2, 0.25) is 5.91 Å². The fraction of sp³-hybridized carbons (Fsp3) is 0.667. The number of hydrogen-bond donors (Lipinski definition) is 1. The average molecular weight is 514 g/mol. The number of alkyl halides is 3. The van der Waals surface area contributed by atoms with Crippen LogP contribution in [0.4, 0.5) is 13.2 Å². The van der Waals surface area contributed by atoms with Crippen LogP contribution in [0, 0.1) is 52.8 Å². The summed E-state index contributed by atoms with van der Waals surface area (Å²) in [4.78, 5) is 27.6. The minimum absolute atomic E-state index is 0.0376. The molecule has 0 bridgehead atoms. The second-order valence-electron chi connectivity index (χ2n) is 13.6. The van der Waals surface area contributed by atoms with Crippen molar-refractivity contribution in [2.45, 2.75) is 71.0 Å². The van der Waals surface area contributed by atoms with Crippen LogP contribution in [0.1, 0.15) is 64.2 Å². The zero-order chi connectivity index (χ0) is 26.6. The smallest absolute Gasteiger partial charge is 0.416 e. The Hall–Kier alpha value is -2.31. The number of aliphatic carboxylic acids is 1. The van der Waals surface area contributed by atoms with Gasteiger partial charge < -0.3 is 10.0 Å². The van der Waals surface area contributed by atoms with Crippen LogP contribution in [0.5, 0.6) is 0 Å². The quantitative estimate of drug-likeness (QED) is 0.494. The summed E-state index contributed by atoms with van der Waals surface area (Å²) < 4.78 is 42.4. The van der Waals surface area contributed by atoms with E-state index in [1.165, 1.54) is 6.07 Å². The minimum atomic E-state index is -4.46.